The average molecular weight is 310 g/mol. The average Bonchev–Trinajstić information content (AvgIpc) is 2.52. The van der Waals surface area contributed by atoms with Crippen LogP contribution in [0.2, 0.25) is 0 Å². The Bertz CT molecular complexity index is 337. The second kappa shape index (κ2) is 4.56. The second-order valence-electron chi connectivity index (χ2n) is 2.21. The molecule has 0 saturated carbocycles. The van der Waals surface area contributed by atoms with Gasteiger partial charge >= 0.3 is 0 Å². The highest BCUT2D eigenvalue weighted by atomic mass is 127. The summed E-state index contributed by atoms with van der Waals surface area (Å²) in [5, 5.41) is 4.83. The maximum atomic E-state index is 11.0. The molecule has 0 atom stereocenters. The predicted molar refractivity (Wildman–Crippen MR) is 60.4 cm³/mol. The van der Waals surface area contributed by atoms with Crippen LogP contribution in [-0.2, 0) is 4.79 Å². The maximum absolute atomic E-state index is 11.0. The van der Waals surface area contributed by atoms with Crippen LogP contribution in [0.5, 0.6) is 0 Å². The zero-order chi connectivity index (χ0) is 9.84. The highest BCUT2D eigenvalue weighted by molar-refractivity contribution is 14.1. The van der Waals surface area contributed by atoms with Crippen LogP contribution in [0.1, 0.15) is 10.4 Å². The lowest BCUT2D eigenvalue weighted by molar-refractivity contribution is -0.113. The summed E-state index contributed by atoms with van der Waals surface area (Å²) in [5.41, 5.74) is 5.45. The molecule has 2 amide bonds. The van der Waals surface area contributed by atoms with E-state index >= 15 is 0 Å². The maximum Gasteiger partial charge on any atom is 0.251 e. The number of alkyl halides is 1. The number of hydrogen-bond donors (Lipinski definition) is 2. The summed E-state index contributed by atoms with van der Waals surface area (Å²) < 4.78 is 0.355. The molecule has 0 bridgehead atoms. The molecule has 0 spiro atoms. The van der Waals surface area contributed by atoms with Crippen LogP contribution in [0.3, 0.4) is 0 Å². The Balaban J connectivity index is 2.82. The second-order valence-corrected chi connectivity index (χ2v) is 3.89. The number of nitrogens with one attached hydrogen (secondary N) is 1. The molecule has 0 aromatic carbocycles. The van der Waals surface area contributed by atoms with E-state index in [1.807, 2.05) is 22.6 Å². The molecule has 0 saturated heterocycles. The Hall–Kier alpha value is -0.630. The largest absolute Gasteiger partial charge is 0.366 e. The van der Waals surface area contributed by atoms with Crippen molar-refractivity contribution < 1.29 is 9.59 Å². The van der Waals surface area contributed by atoms with Gasteiger partial charge in [0.15, 0.2) is 0 Å². The summed E-state index contributed by atoms with van der Waals surface area (Å²) in [6, 6.07) is 1.59. The molecule has 1 heterocycles. The molecule has 4 nitrogen and oxygen atoms in total. The van der Waals surface area contributed by atoms with Gasteiger partial charge in [0.1, 0.15) is 5.00 Å². The third-order valence-corrected chi connectivity index (χ3v) is 2.83. The van der Waals surface area contributed by atoms with Gasteiger partial charge in [-0.1, -0.05) is 22.6 Å². The summed E-state index contributed by atoms with van der Waals surface area (Å²) in [4.78, 5) is 21.8. The van der Waals surface area contributed by atoms with E-state index in [1.54, 1.807) is 11.4 Å². The molecule has 0 aliphatic rings. The SMILES string of the molecule is NC(=O)c1ccsc1NC(=O)CI. The minimum atomic E-state index is -0.523. The minimum Gasteiger partial charge on any atom is -0.366 e. The van der Waals surface area contributed by atoms with Crippen molar-refractivity contribution in [2.75, 3.05) is 9.74 Å². The summed E-state index contributed by atoms with van der Waals surface area (Å²) in [5.74, 6) is -0.657. The molecule has 0 aliphatic carbocycles. The van der Waals surface area contributed by atoms with E-state index in [2.05, 4.69) is 5.32 Å². The third kappa shape index (κ3) is 2.66. The molecule has 3 N–H and O–H groups in total. The van der Waals surface area contributed by atoms with Crippen molar-refractivity contribution in [2.24, 2.45) is 5.73 Å². The molecule has 0 unspecified atom stereocenters. The third-order valence-electron chi connectivity index (χ3n) is 1.31. The van der Waals surface area contributed by atoms with Crippen molar-refractivity contribution in [3.05, 3.63) is 17.0 Å². The molecule has 0 aliphatic heterocycles. The number of hydrogen-bond acceptors (Lipinski definition) is 3. The quantitative estimate of drug-likeness (QED) is 0.651. The van der Waals surface area contributed by atoms with Gasteiger partial charge in [-0.3, -0.25) is 9.59 Å². The van der Waals surface area contributed by atoms with Crippen molar-refractivity contribution in [2.45, 2.75) is 0 Å². The molecule has 6 heteroatoms. The van der Waals surface area contributed by atoms with E-state index in [-0.39, 0.29) is 5.91 Å². The number of nitrogens with two attached hydrogens (primary N) is 1. The van der Waals surface area contributed by atoms with Gasteiger partial charge in [-0.25, -0.2) is 0 Å². The van der Waals surface area contributed by atoms with Gasteiger partial charge < -0.3 is 11.1 Å². The van der Waals surface area contributed by atoms with E-state index in [4.69, 9.17) is 5.73 Å². The van der Waals surface area contributed by atoms with Crippen LogP contribution in [0.25, 0.3) is 0 Å². The summed E-state index contributed by atoms with van der Waals surface area (Å²) in [6.45, 7) is 0. The lowest BCUT2D eigenvalue weighted by atomic mass is 10.3. The number of thiophene rings is 1. The molecule has 1 aromatic heterocycles. The van der Waals surface area contributed by atoms with Crippen LogP contribution in [0, 0.1) is 0 Å². The van der Waals surface area contributed by atoms with E-state index < -0.39 is 5.91 Å². The Morgan fingerprint density at radius 1 is 1.62 bits per heavy atom. The number of carbonyl (C=O) groups is 2. The first-order chi connectivity index (χ1) is 6.15. The monoisotopic (exact) mass is 310 g/mol. The van der Waals surface area contributed by atoms with Gasteiger partial charge in [0, 0.05) is 0 Å². The fourth-order valence-electron chi connectivity index (χ4n) is 0.760. The predicted octanol–water partition coefficient (Wildman–Crippen LogP) is 1.22. The molecular formula is C7H7IN2O2S. The first kappa shape index (κ1) is 10.5. The lowest BCUT2D eigenvalue weighted by Gasteiger charge is -2.00. The van der Waals surface area contributed by atoms with Crippen molar-refractivity contribution in [1.82, 2.24) is 0 Å². The molecule has 70 valence electrons. The van der Waals surface area contributed by atoms with Crippen molar-refractivity contribution >= 4 is 50.7 Å². The Morgan fingerprint density at radius 3 is 2.85 bits per heavy atom. The standard InChI is InChI=1S/C7H7IN2O2S/c8-3-5(11)10-7-4(6(9)12)1-2-13-7/h1-2H,3H2,(H2,9,12)(H,10,11). The molecule has 1 rings (SSSR count). The van der Waals surface area contributed by atoms with E-state index in [1.165, 1.54) is 11.3 Å². The summed E-state index contributed by atoms with van der Waals surface area (Å²) in [7, 11) is 0. The topological polar surface area (TPSA) is 72.2 Å². The van der Waals surface area contributed by atoms with Gasteiger partial charge in [-0.15, -0.1) is 11.3 Å². The van der Waals surface area contributed by atoms with Crippen molar-refractivity contribution in [1.29, 1.82) is 0 Å². The van der Waals surface area contributed by atoms with Gasteiger partial charge in [0.05, 0.1) is 9.99 Å². The molecule has 13 heavy (non-hydrogen) atoms. The van der Waals surface area contributed by atoms with Gasteiger partial charge in [0.25, 0.3) is 5.91 Å². The number of carbonyl (C=O) groups excluding carboxylic acids is 2. The van der Waals surface area contributed by atoms with Crippen LogP contribution in [0.4, 0.5) is 5.00 Å². The fraction of sp³-hybridized carbons (Fsp3) is 0.143. The first-order valence-corrected chi connectivity index (χ1v) is 5.78. The van der Waals surface area contributed by atoms with Crippen LogP contribution >= 0.6 is 33.9 Å². The summed E-state index contributed by atoms with van der Waals surface area (Å²) >= 11 is 3.23. The minimum absolute atomic E-state index is 0.134. The highest BCUT2D eigenvalue weighted by Crippen LogP contribution is 2.22. The molecular weight excluding hydrogens is 303 g/mol. The van der Waals surface area contributed by atoms with Crippen LogP contribution < -0.4 is 11.1 Å². The normalized spacial score (nSPS) is 9.62. The van der Waals surface area contributed by atoms with Gasteiger partial charge in [-0.05, 0) is 11.4 Å². The van der Waals surface area contributed by atoms with Gasteiger partial charge in [0.2, 0.25) is 5.91 Å². The Morgan fingerprint density at radius 2 is 2.31 bits per heavy atom. The van der Waals surface area contributed by atoms with E-state index in [9.17, 15) is 9.59 Å². The zero-order valence-electron chi connectivity index (χ0n) is 6.54. The Labute approximate surface area is 92.6 Å². The Kier molecular flexibility index (Phi) is 3.67. The van der Waals surface area contributed by atoms with Crippen molar-refractivity contribution in [3.63, 3.8) is 0 Å². The number of primary amides is 1. The molecule has 0 fully saturated rings. The highest BCUT2D eigenvalue weighted by Gasteiger charge is 2.11. The number of anilines is 1. The lowest BCUT2D eigenvalue weighted by Crippen LogP contribution is -2.16. The number of rotatable bonds is 3. The van der Waals surface area contributed by atoms with Crippen LogP contribution in [-0.4, -0.2) is 16.2 Å². The number of halogens is 1. The van der Waals surface area contributed by atoms with E-state index in [0.717, 1.165) is 0 Å². The first-order valence-electron chi connectivity index (χ1n) is 3.38. The van der Waals surface area contributed by atoms with Crippen molar-refractivity contribution in [3.8, 4) is 0 Å². The van der Waals surface area contributed by atoms with Gasteiger partial charge in [-0.2, -0.15) is 0 Å². The smallest absolute Gasteiger partial charge is 0.251 e. The molecule has 0 radical (unpaired) electrons. The summed E-state index contributed by atoms with van der Waals surface area (Å²) in [6.07, 6.45) is 0. The number of amides is 2. The van der Waals surface area contributed by atoms with Crippen LogP contribution in [0.15, 0.2) is 11.4 Å². The molecule has 1 aromatic rings. The zero-order valence-corrected chi connectivity index (χ0v) is 9.52. The van der Waals surface area contributed by atoms with E-state index in [0.29, 0.717) is 15.0 Å². The fourth-order valence-corrected chi connectivity index (χ4v) is 1.76.